The van der Waals surface area contributed by atoms with Crippen molar-refractivity contribution in [2.24, 2.45) is 0 Å². The van der Waals surface area contributed by atoms with E-state index in [1.54, 1.807) is 41.5 Å². The van der Waals surface area contributed by atoms with Crippen molar-refractivity contribution in [3.8, 4) is 11.5 Å². The summed E-state index contributed by atoms with van der Waals surface area (Å²) in [5.41, 5.74) is 0.426. The zero-order valence-electron chi connectivity index (χ0n) is 17.3. The Balaban J connectivity index is 1.48. The van der Waals surface area contributed by atoms with Crippen LogP contribution in [0.4, 0.5) is 0 Å². The molecule has 2 amide bonds. The highest BCUT2D eigenvalue weighted by Crippen LogP contribution is 2.32. The summed E-state index contributed by atoms with van der Waals surface area (Å²) >= 11 is 0. The average Bonchev–Trinajstić information content (AvgIpc) is 3.54. The molecular formula is C23H26N2O6. The van der Waals surface area contributed by atoms with Gasteiger partial charge in [0, 0.05) is 25.3 Å². The fourth-order valence-corrected chi connectivity index (χ4v) is 3.73. The van der Waals surface area contributed by atoms with Gasteiger partial charge in [-0.15, -0.1) is 6.58 Å². The second-order valence-electron chi connectivity index (χ2n) is 7.53. The van der Waals surface area contributed by atoms with Gasteiger partial charge in [-0.1, -0.05) is 6.08 Å². The van der Waals surface area contributed by atoms with Crippen LogP contribution in [0.25, 0.3) is 0 Å². The Morgan fingerprint density at radius 2 is 2.03 bits per heavy atom. The SMILES string of the molecule is C=CCN(CC(=O)N(Cc1ccco1)CC1CCCO1)C(=O)c1ccc2c(c1)OCO2. The van der Waals surface area contributed by atoms with Gasteiger partial charge in [0.1, 0.15) is 12.3 Å². The topological polar surface area (TPSA) is 81.5 Å². The maximum absolute atomic E-state index is 13.2. The van der Waals surface area contributed by atoms with Gasteiger partial charge in [0.2, 0.25) is 12.7 Å². The van der Waals surface area contributed by atoms with Crippen molar-refractivity contribution in [2.75, 3.05) is 33.0 Å². The summed E-state index contributed by atoms with van der Waals surface area (Å²) in [6.07, 6.45) is 5.08. The first-order valence-corrected chi connectivity index (χ1v) is 10.4. The Kier molecular flexibility index (Phi) is 6.57. The molecule has 4 rings (SSSR count). The minimum atomic E-state index is -0.276. The van der Waals surface area contributed by atoms with Crippen LogP contribution in [0.5, 0.6) is 11.5 Å². The predicted octanol–water partition coefficient (Wildman–Crippen LogP) is 2.84. The first kappa shape index (κ1) is 21.0. The third-order valence-corrected chi connectivity index (χ3v) is 5.31. The highest BCUT2D eigenvalue weighted by atomic mass is 16.7. The molecule has 8 heteroatoms. The number of rotatable bonds is 9. The van der Waals surface area contributed by atoms with Gasteiger partial charge in [-0.25, -0.2) is 0 Å². The van der Waals surface area contributed by atoms with Gasteiger partial charge >= 0.3 is 0 Å². The molecule has 0 N–H and O–H groups in total. The van der Waals surface area contributed by atoms with Crippen molar-refractivity contribution in [3.63, 3.8) is 0 Å². The molecule has 0 saturated carbocycles. The van der Waals surface area contributed by atoms with Crippen molar-refractivity contribution in [1.82, 2.24) is 9.80 Å². The number of benzene rings is 1. The van der Waals surface area contributed by atoms with E-state index in [1.165, 1.54) is 4.90 Å². The number of ether oxygens (including phenoxy) is 3. The molecule has 0 radical (unpaired) electrons. The van der Waals surface area contributed by atoms with Crippen LogP contribution in [0.15, 0.2) is 53.7 Å². The fourth-order valence-electron chi connectivity index (χ4n) is 3.73. The summed E-state index contributed by atoms with van der Waals surface area (Å²) in [6.45, 7) is 5.52. The van der Waals surface area contributed by atoms with Crippen LogP contribution in [-0.2, 0) is 16.1 Å². The fraction of sp³-hybridized carbons (Fsp3) is 0.391. The normalized spacial score (nSPS) is 16.8. The molecule has 2 aromatic rings. The Morgan fingerprint density at radius 1 is 1.16 bits per heavy atom. The average molecular weight is 426 g/mol. The molecule has 0 bridgehead atoms. The van der Waals surface area contributed by atoms with Crippen molar-refractivity contribution in [1.29, 1.82) is 0 Å². The summed E-state index contributed by atoms with van der Waals surface area (Å²) < 4.78 is 21.8. The second-order valence-corrected chi connectivity index (χ2v) is 7.53. The van der Waals surface area contributed by atoms with E-state index in [1.807, 2.05) is 6.07 Å². The Morgan fingerprint density at radius 3 is 2.77 bits per heavy atom. The molecule has 1 saturated heterocycles. The number of carbonyl (C=O) groups is 2. The maximum atomic E-state index is 13.2. The molecule has 1 aromatic carbocycles. The van der Waals surface area contributed by atoms with Gasteiger partial charge in [-0.2, -0.15) is 0 Å². The van der Waals surface area contributed by atoms with E-state index in [2.05, 4.69) is 6.58 Å². The lowest BCUT2D eigenvalue weighted by Gasteiger charge is -2.28. The summed E-state index contributed by atoms with van der Waals surface area (Å²) in [5, 5.41) is 0. The number of amides is 2. The van der Waals surface area contributed by atoms with E-state index in [0.717, 1.165) is 12.8 Å². The highest BCUT2D eigenvalue weighted by Gasteiger charge is 2.27. The zero-order valence-corrected chi connectivity index (χ0v) is 17.3. The molecule has 1 atom stereocenters. The molecule has 2 aliphatic rings. The van der Waals surface area contributed by atoms with Gasteiger partial charge in [-0.05, 0) is 43.2 Å². The van der Waals surface area contributed by atoms with Gasteiger partial charge < -0.3 is 28.4 Å². The van der Waals surface area contributed by atoms with E-state index >= 15 is 0 Å². The van der Waals surface area contributed by atoms with Crippen LogP contribution < -0.4 is 9.47 Å². The molecule has 8 nitrogen and oxygen atoms in total. The van der Waals surface area contributed by atoms with E-state index in [4.69, 9.17) is 18.6 Å². The Labute approximate surface area is 181 Å². The number of nitrogens with zero attached hydrogens (tertiary/aromatic N) is 2. The van der Waals surface area contributed by atoms with Crippen molar-refractivity contribution in [2.45, 2.75) is 25.5 Å². The third kappa shape index (κ3) is 5.08. The van der Waals surface area contributed by atoms with E-state index in [-0.39, 0.29) is 37.8 Å². The molecule has 0 aliphatic carbocycles. The lowest BCUT2D eigenvalue weighted by Crippen LogP contribution is -2.45. The molecule has 1 unspecified atom stereocenters. The second kappa shape index (κ2) is 9.70. The van der Waals surface area contributed by atoms with Crippen LogP contribution >= 0.6 is 0 Å². The quantitative estimate of drug-likeness (QED) is 0.574. The van der Waals surface area contributed by atoms with Crippen molar-refractivity contribution in [3.05, 3.63) is 60.6 Å². The smallest absolute Gasteiger partial charge is 0.254 e. The Bertz CT molecular complexity index is 920. The zero-order chi connectivity index (χ0) is 21.6. The summed E-state index contributed by atoms with van der Waals surface area (Å²) in [4.78, 5) is 29.5. The minimum Gasteiger partial charge on any atom is -0.467 e. The molecule has 2 aliphatic heterocycles. The van der Waals surface area contributed by atoms with E-state index < -0.39 is 0 Å². The van der Waals surface area contributed by atoms with Crippen LogP contribution in [0.1, 0.15) is 29.0 Å². The van der Waals surface area contributed by atoms with Gasteiger partial charge in [0.05, 0.1) is 18.9 Å². The summed E-state index contributed by atoms with van der Waals surface area (Å²) in [6, 6.07) is 8.62. The lowest BCUT2D eigenvalue weighted by molar-refractivity contribution is -0.134. The van der Waals surface area contributed by atoms with E-state index in [9.17, 15) is 9.59 Å². The molecule has 1 fully saturated rings. The van der Waals surface area contributed by atoms with Crippen molar-refractivity contribution < 1.29 is 28.2 Å². The monoisotopic (exact) mass is 426 g/mol. The van der Waals surface area contributed by atoms with Crippen LogP contribution in [0, 0.1) is 0 Å². The van der Waals surface area contributed by atoms with Crippen molar-refractivity contribution >= 4 is 11.8 Å². The molecule has 31 heavy (non-hydrogen) atoms. The van der Waals surface area contributed by atoms with Crippen LogP contribution in [0.3, 0.4) is 0 Å². The molecule has 3 heterocycles. The largest absolute Gasteiger partial charge is 0.467 e. The Hall–Kier alpha value is -3.26. The van der Waals surface area contributed by atoms with Gasteiger partial charge in [-0.3, -0.25) is 9.59 Å². The minimum absolute atomic E-state index is 0.00340. The number of furan rings is 1. The first-order chi connectivity index (χ1) is 15.1. The number of hydrogen-bond acceptors (Lipinski definition) is 6. The lowest BCUT2D eigenvalue weighted by atomic mass is 10.1. The molecule has 1 aromatic heterocycles. The van der Waals surface area contributed by atoms with E-state index in [0.29, 0.717) is 42.5 Å². The standard InChI is InChI=1S/C23H26N2O6/c1-2-9-24(23(27)17-7-8-20-21(12-17)31-16-30-20)15-22(26)25(13-18-5-3-10-28-18)14-19-6-4-11-29-19/h2-3,5,7-8,10,12,19H,1,4,6,9,11,13-16H2. The number of hydrogen-bond donors (Lipinski definition) is 0. The highest BCUT2D eigenvalue weighted by molar-refractivity contribution is 5.97. The van der Waals surface area contributed by atoms with Gasteiger partial charge in [0.25, 0.3) is 5.91 Å². The molecule has 0 spiro atoms. The van der Waals surface area contributed by atoms with Crippen LogP contribution in [0.2, 0.25) is 0 Å². The molecule has 164 valence electrons. The summed E-state index contributed by atoms with van der Waals surface area (Å²) in [5.74, 6) is 1.35. The van der Waals surface area contributed by atoms with Gasteiger partial charge in [0.15, 0.2) is 11.5 Å². The van der Waals surface area contributed by atoms with Crippen LogP contribution in [-0.4, -0.2) is 60.8 Å². The first-order valence-electron chi connectivity index (χ1n) is 10.4. The predicted molar refractivity (Wildman–Crippen MR) is 112 cm³/mol. The third-order valence-electron chi connectivity index (χ3n) is 5.31. The summed E-state index contributed by atoms with van der Waals surface area (Å²) in [7, 11) is 0. The number of fused-ring (bicyclic) bond motifs is 1. The number of carbonyl (C=O) groups excluding carboxylic acids is 2. The molecular weight excluding hydrogens is 400 g/mol. The maximum Gasteiger partial charge on any atom is 0.254 e.